The number of halogens is 1. The molecule has 1 rings (SSSR count). The van der Waals surface area contributed by atoms with E-state index in [4.69, 9.17) is 16.7 Å². The number of aliphatic hydroxyl groups is 1. The van der Waals surface area contributed by atoms with Crippen molar-refractivity contribution in [3.8, 4) is 0 Å². The number of nitrogens with one attached hydrogen (secondary N) is 1. The average Bonchev–Trinajstić information content (AvgIpc) is 2.50. The van der Waals surface area contributed by atoms with Crippen LogP contribution in [0.2, 0.25) is 5.02 Å². The van der Waals surface area contributed by atoms with Crippen LogP contribution in [0.15, 0.2) is 24.3 Å². The Morgan fingerprint density at radius 3 is 2.48 bits per heavy atom. The van der Waals surface area contributed by atoms with Gasteiger partial charge in [-0.1, -0.05) is 30.7 Å². The average molecular weight is 313 g/mol. The molecule has 0 bridgehead atoms. The molecule has 5 nitrogen and oxygen atoms in total. The summed E-state index contributed by atoms with van der Waals surface area (Å²) in [7, 11) is 0. The van der Waals surface area contributed by atoms with Gasteiger partial charge in [0.05, 0.1) is 6.61 Å². The highest BCUT2D eigenvalue weighted by Crippen LogP contribution is 2.14. The lowest BCUT2D eigenvalue weighted by atomic mass is 10.1. The van der Waals surface area contributed by atoms with E-state index >= 15 is 0 Å². The van der Waals surface area contributed by atoms with Crippen molar-refractivity contribution in [3.05, 3.63) is 34.9 Å². The molecular formula is C15H21ClN2O3. The van der Waals surface area contributed by atoms with Gasteiger partial charge in [-0.3, -0.25) is 9.59 Å². The first-order chi connectivity index (χ1) is 9.99. The van der Waals surface area contributed by atoms with E-state index in [1.807, 2.05) is 12.1 Å². The predicted molar refractivity (Wildman–Crippen MR) is 81.9 cm³/mol. The number of hydrogen-bond donors (Lipinski definition) is 2. The van der Waals surface area contributed by atoms with Crippen LogP contribution in [0.3, 0.4) is 0 Å². The van der Waals surface area contributed by atoms with Gasteiger partial charge in [-0.25, -0.2) is 0 Å². The molecule has 1 aromatic rings. The van der Waals surface area contributed by atoms with Crippen molar-refractivity contribution in [1.29, 1.82) is 0 Å². The third-order valence-electron chi connectivity index (χ3n) is 3.15. The van der Waals surface area contributed by atoms with Crippen LogP contribution >= 0.6 is 11.6 Å². The summed E-state index contributed by atoms with van der Waals surface area (Å²) in [5.74, 6) is -0.378. The number of carbonyl (C=O) groups is 2. The molecule has 0 heterocycles. The van der Waals surface area contributed by atoms with Gasteiger partial charge < -0.3 is 15.3 Å². The molecule has 0 aromatic heterocycles. The topological polar surface area (TPSA) is 69.6 Å². The van der Waals surface area contributed by atoms with Crippen LogP contribution in [-0.4, -0.2) is 41.0 Å². The predicted octanol–water partition coefficient (Wildman–Crippen LogP) is 1.58. The third kappa shape index (κ3) is 5.36. The van der Waals surface area contributed by atoms with E-state index in [9.17, 15) is 9.59 Å². The van der Waals surface area contributed by atoms with Crippen LogP contribution in [-0.2, 0) is 16.1 Å². The highest BCUT2D eigenvalue weighted by atomic mass is 35.5. The van der Waals surface area contributed by atoms with Crippen molar-refractivity contribution >= 4 is 23.4 Å². The first kappa shape index (κ1) is 17.5. The molecule has 0 aliphatic heterocycles. The van der Waals surface area contributed by atoms with Gasteiger partial charge in [0.2, 0.25) is 11.8 Å². The Bertz CT molecular complexity index is 476. The molecule has 0 fully saturated rings. The smallest absolute Gasteiger partial charge is 0.242 e. The van der Waals surface area contributed by atoms with E-state index in [0.717, 1.165) is 5.56 Å². The van der Waals surface area contributed by atoms with E-state index in [0.29, 0.717) is 18.0 Å². The number of benzene rings is 1. The van der Waals surface area contributed by atoms with Crippen molar-refractivity contribution in [1.82, 2.24) is 10.2 Å². The van der Waals surface area contributed by atoms with Crippen LogP contribution in [0.5, 0.6) is 0 Å². The molecule has 0 aliphatic carbocycles. The maximum Gasteiger partial charge on any atom is 0.242 e. The zero-order valence-electron chi connectivity index (χ0n) is 12.3. The summed E-state index contributed by atoms with van der Waals surface area (Å²) < 4.78 is 0. The molecule has 0 unspecified atom stereocenters. The number of carbonyl (C=O) groups excluding carboxylic acids is 2. The van der Waals surface area contributed by atoms with Crippen molar-refractivity contribution in [3.63, 3.8) is 0 Å². The number of rotatable bonds is 7. The van der Waals surface area contributed by atoms with Crippen molar-refractivity contribution in [2.24, 2.45) is 0 Å². The van der Waals surface area contributed by atoms with Gasteiger partial charge in [-0.05, 0) is 24.6 Å². The van der Waals surface area contributed by atoms with Gasteiger partial charge in [0.1, 0.15) is 6.04 Å². The molecule has 0 saturated heterocycles. The molecular weight excluding hydrogens is 292 g/mol. The largest absolute Gasteiger partial charge is 0.395 e. The van der Waals surface area contributed by atoms with Crippen LogP contribution in [0, 0.1) is 0 Å². The second kappa shape index (κ2) is 8.64. The van der Waals surface area contributed by atoms with Crippen molar-refractivity contribution in [2.45, 2.75) is 32.9 Å². The normalized spacial score (nSPS) is 11.8. The SMILES string of the molecule is CCC(=O)N(Cc1ccc(Cl)cc1)[C@H](C)C(=O)NCCO. The standard InChI is InChI=1S/C15H21ClN2O3/c1-3-14(20)18(11(2)15(21)17-8-9-19)10-12-4-6-13(16)7-5-12/h4-7,11,19H,3,8-10H2,1-2H3,(H,17,21)/t11-/m1/s1. The Labute approximate surface area is 129 Å². The van der Waals surface area contributed by atoms with Gasteiger partial charge in [-0.15, -0.1) is 0 Å². The molecule has 2 N–H and O–H groups in total. The quantitative estimate of drug-likeness (QED) is 0.803. The van der Waals surface area contributed by atoms with Gasteiger partial charge in [0.25, 0.3) is 0 Å². The maximum atomic E-state index is 12.1. The van der Waals surface area contributed by atoms with Crippen LogP contribution in [0.25, 0.3) is 0 Å². The minimum absolute atomic E-state index is 0.100. The molecule has 0 spiro atoms. The van der Waals surface area contributed by atoms with Gasteiger partial charge in [0.15, 0.2) is 0 Å². The monoisotopic (exact) mass is 312 g/mol. The van der Waals surface area contributed by atoms with E-state index in [-0.39, 0.29) is 25.0 Å². The molecule has 1 atom stereocenters. The lowest BCUT2D eigenvalue weighted by Gasteiger charge is -2.28. The molecule has 6 heteroatoms. The number of aliphatic hydroxyl groups excluding tert-OH is 1. The zero-order chi connectivity index (χ0) is 15.8. The minimum atomic E-state index is -0.598. The summed E-state index contributed by atoms with van der Waals surface area (Å²) in [6.45, 7) is 3.83. The molecule has 2 amide bonds. The van der Waals surface area contributed by atoms with Gasteiger partial charge in [-0.2, -0.15) is 0 Å². The molecule has 21 heavy (non-hydrogen) atoms. The summed E-state index contributed by atoms with van der Waals surface area (Å²) in [6, 6.07) is 6.57. The Balaban J connectivity index is 2.82. The fourth-order valence-electron chi connectivity index (χ4n) is 1.90. The fraction of sp³-hybridized carbons (Fsp3) is 0.467. The third-order valence-corrected chi connectivity index (χ3v) is 3.40. The zero-order valence-corrected chi connectivity index (χ0v) is 13.1. The van der Waals surface area contributed by atoms with E-state index in [1.165, 1.54) is 4.90 Å². The molecule has 116 valence electrons. The van der Waals surface area contributed by atoms with Gasteiger partial charge in [0, 0.05) is 24.5 Å². The summed E-state index contributed by atoms with van der Waals surface area (Å²) >= 11 is 5.84. The van der Waals surface area contributed by atoms with Crippen molar-refractivity contribution in [2.75, 3.05) is 13.2 Å². The molecule has 0 radical (unpaired) electrons. The Morgan fingerprint density at radius 2 is 1.95 bits per heavy atom. The summed E-state index contributed by atoms with van der Waals surface area (Å²) in [5.41, 5.74) is 0.906. The maximum absolute atomic E-state index is 12.1. The number of nitrogens with zero attached hydrogens (tertiary/aromatic N) is 1. The highest BCUT2D eigenvalue weighted by molar-refractivity contribution is 6.30. The Kier molecular flexibility index (Phi) is 7.19. The Morgan fingerprint density at radius 1 is 1.33 bits per heavy atom. The second-order valence-corrected chi connectivity index (χ2v) is 5.13. The second-order valence-electron chi connectivity index (χ2n) is 4.69. The first-order valence-corrected chi connectivity index (χ1v) is 7.29. The van der Waals surface area contributed by atoms with Crippen LogP contribution in [0.4, 0.5) is 0 Å². The number of amides is 2. The fourth-order valence-corrected chi connectivity index (χ4v) is 2.03. The van der Waals surface area contributed by atoms with Crippen LogP contribution < -0.4 is 5.32 Å². The lowest BCUT2D eigenvalue weighted by Crippen LogP contribution is -2.47. The minimum Gasteiger partial charge on any atom is -0.395 e. The molecule has 0 saturated carbocycles. The van der Waals surface area contributed by atoms with Gasteiger partial charge >= 0.3 is 0 Å². The first-order valence-electron chi connectivity index (χ1n) is 6.92. The Hall–Kier alpha value is -1.59. The summed E-state index contributed by atoms with van der Waals surface area (Å²) in [4.78, 5) is 25.6. The van der Waals surface area contributed by atoms with E-state index < -0.39 is 6.04 Å². The van der Waals surface area contributed by atoms with Crippen LogP contribution in [0.1, 0.15) is 25.8 Å². The summed E-state index contributed by atoms with van der Waals surface area (Å²) in [5, 5.41) is 12.0. The molecule has 0 aliphatic rings. The number of hydrogen-bond acceptors (Lipinski definition) is 3. The molecule has 1 aromatic carbocycles. The highest BCUT2D eigenvalue weighted by Gasteiger charge is 2.24. The van der Waals surface area contributed by atoms with E-state index in [1.54, 1.807) is 26.0 Å². The van der Waals surface area contributed by atoms with E-state index in [2.05, 4.69) is 5.32 Å². The van der Waals surface area contributed by atoms with Crippen molar-refractivity contribution < 1.29 is 14.7 Å². The summed E-state index contributed by atoms with van der Waals surface area (Å²) in [6.07, 6.45) is 0.325. The lowest BCUT2D eigenvalue weighted by molar-refractivity contribution is -0.140.